The zero-order chi connectivity index (χ0) is 25.4. The van der Waals surface area contributed by atoms with Crippen LogP contribution in [0.4, 0.5) is 11.4 Å². The number of amides is 3. The minimum Gasteiger partial charge on any atom is -0.497 e. The van der Waals surface area contributed by atoms with Gasteiger partial charge in [0.1, 0.15) is 11.4 Å². The molecule has 0 saturated carbocycles. The highest BCUT2D eigenvalue weighted by Gasteiger charge is 2.35. The molecule has 0 N–H and O–H groups in total. The van der Waals surface area contributed by atoms with Crippen molar-refractivity contribution in [2.45, 2.75) is 25.7 Å². The molecule has 0 radical (unpaired) electrons. The summed E-state index contributed by atoms with van der Waals surface area (Å²) in [7, 11) is 4.94. The average Bonchev–Trinajstić information content (AvgIpc) is 3.29. The molecule has 2 aromatic carbocycles. The fraction of sp³-hybridized carbons (Fsp3) is 0.333. The van der Waals surface area contributed by atoms with Gasteiger partial charge in [-0.15, -0.1) is 0 Å². The molecule has 3 heterocycles. The van der Waals surface area contributed by atoms with Gasteiger partial charge in [0.2, 0.25) is 5.91 Å². The Morgan fingerprint density at radius 2 is 1.50 bits per heavy atom. The summed E-state index contributed by atoms with van der Waals surface area (Å²) < 4.78 is 6.81. The number of fused-ring (bicyclic) bond motifs is 1. The van der Waals surface area contributed by atoms with Gasteiger partial charge in [0.25, 0.3) is 11.8 Å². The predicted molar refractivity (Wildman–Crippen MR) is 136 cm³/mol. The zero-order valence-electron chi connectivity index (χ0n) is 20.7. The second-order valence-electron chi connectivity index (χ2n) is 9.21. The summed E-state index contributed by atoms with van der Waals surface area (Å²) in [5.41, 5.74) is 3.57. The van der Waals surface area contributed by atoms with E-state index in [0.717, 1.165) is 24.2 Å². The number of benzene rings is 2. The molecule has 2 aliphatic heterocycles. The van der Waals surface area contributed by atoms with Crippen LogP contribution in [0.1, 0.15) is 45.8 Å². The van der Waals surface area contributed by atoms with E-state index < -0.39 is 0 Å². The molecule has 3 aromatic rings. The van der Waals surface area contributed by atoms with Crippen LogP contribution >= 0.6 is 0 Å². The molecule has 5 rings (SSSR count). The molecular weight excluding hydrogens is 458 g/mol. The van der Waals surface area contributed by atoms with Gasteiger partial charge < -0.3 is 19.4 Å². The first kappa shape index (κ1) is 23.6. The molecule has 9 nitrogen and oxygen atoms in total. The second-order valence-corrected chi connectivity index (χ2v) is 9.21. The van der Waals surface area contributed by atoms with E-state index in [1.54, 1.807) is 47.8 Å². The molecule has 1 fully saturated rings. The summed E-state index contributed by atoms with van der Waals surface area (Å²) in [4.78, 5) is 44.0. The maximum Gasteiger partial charge on any atom is 0.277 e. The van der Waals surface area contributed by atoms with Crippen molar-refractivity contribution in [2.24, 2.45) is 0 Å². The SMILES string of the molecule is COc1ccc(-n2nc(C(=O)N(C)C)c3c2C(=O)N(c2ccc(N4CCCCC4=O)cc2)CC3)cc1. The van der Waals surface area contributed by atoms with Crippen LogP contribution in [-0.2, 0) is 11.2 Å². The molecule has 186 valence electrons. The first-order valence-electron chi connectivity index (χ1n) is 12.1. The highest BCUT2D eigenvalue weighted by molar-refractivity contribution is 6.09. The standard InChI is InChI=1S/C27H29N5O4/c1-29(2)26(34)24-22-15-17-31(19-9-7-18(8-10-19)30-16-5-4-6-23(30)33)27(35)25(22)32(28-24)20-11-13-21(36-3)14-12-20/h7-14H,4-6,15-17H2,1-3H3. The van der Waals surface area contributed by atoms with Crippen LogP contribution in [0.2, 0.25) is 0 Å². The topological polar surface area (TPSA) is 88.0 Å². The lowest BCUT2D eigenvalue weighted by Gasteiger charge is -2.30. The first-order chi connectivity index (χ1) is 17.4. The Hall–Kier alpha value is -4.14. The summed E-state index contributed by atoms with van der Waals surface area (Å²) in [6.07, 6.45) is 2.99. The molecule has 2 aliphatic rings. The van der Waals surface area contributed by atoms with E-state index in [-0.39, 0.29) is 23.4 Å². The molecule has 9 heteroatoms. The Balaban J connectivity index is 1.51. The molecular formula is C27H29N5O4. The number of ether oxygens (including phenoxy) is 1. The fourth-order valence-electron chi connectivity index (χ4n) is 4.79. The van der Waals surface area contributed by atoms with Crippen molar-refractivity contribution in [3.05, 3.63) is 65.5 Å². The Labute approximate surface area is 209 Å². The Kier molecular flexibility index (Phi) is 6.22. The Morgan fingerprint density at radius 3 is 2.11 bits per heavy atom. The summed E-state index contributed by atoms with van der Waals surface area (Å²) >= 11 is 0. The minimum atomic E-state index is -0.240. The van der Waals surface area contributed by atoms with Gasteiger partial charge in [-0.1, -0.05) is 0 Å². The van der Waals surface area contributed by atoms with E-state index in [4.69, 9.17) is 4.74 Å². The van der Waals surface area contributed by atoms with Crippen molar-refractivity contribution >= 4 is 29.1 Å². The molecule has 0 unspecified atom stereocenters. The number of carbonyl (C=O) groups is 3. The maximum atomic E-state index is 13.8. The molecule has 3 amide bonds. The van der Waals surface area contributed by atoms with Crippen molar-refractivity contribution in [2.75, 3.05) is 44.1 Å². The van der Waals surface area contributed by atoms with Crippen molar-refractivity contribution < 1.29 is 19.1 Å². The van der Waals surface area contributed by atoms with Gasteiger partial charge in [0.05, 0.1) is 12.8 Å². The van der Waals surface area contributed by atoms with E-state index in [0.29, 0.717) is 48.6 Å². The van der Waals surface area contributed by atoms with E-state index in [9.17, 15) is 14.4 Å². The van der Waals surface area contributed by atoms with Gasteiger partial charge >= 0.3 is 0 Å². The monoisotopic (exact) mass is 487 g/mol. The van der Waals surface area contributed by atoms with E-state index >= 15 is 0 Å². The molecule has 0 aliphatic carbocycles. The summed E-state index contributed by atoms with van der Waals surface area (Å²) in [5, 5.41) is 4.59. The average molecular weight is 488 g/mol. The summed E-state index contributed by atoms with van der Waals surface area (Å²) in [6.45, 7) is 1.14. The molecule has 0 bridgehead atoms. The van der Waals surface area contributed by atoms with Crippen LogP contribution in [-0.4, -0.2) is 66.7 Å². The molecule has 36 heavy (non-hydrogen) atoms. The van der Waals surface area contributed by atoms with Crippen LogP contribution in [0, 0.1) is 0 Å². The number of methoxy groups -OCH3 is 1. The quantitative estimate of drug-likeness (QED) is 0.551. The van der Waals surface area contributed by atoms with Crippen LogP contribution in [0.25, 0.3) is 5.69 Å². The van der Waals surface area contributed by atoms with Crippen LogP contribution in [0.15, 0.2) is 48.5 Å². The van der Waals surface area contributed by atoms with Gasteiger partial charge in [0, 0.05) is 50.5 Å². The summed E-state index contributed by atoms with van der Waals surface area (Å²) in [5.74, 6) is 0.355. The third-order valence-corrected chi connectivity index (χ3v) is 6.74. The largest absolute Gasteiger partial charge is 0.497 e. The van der Waals surface area contributed by atoms with Crippen LogP contribution < -0.4 is 14.5 Å². The van der Waals surface area contributed by atoms with Crippen molar-refractivity contribution in [1.82, 2.24) is 14.7 Å². The van der Waals surface area contributed by atoms with Crippen LogP contribution in [0.5, 0.6) is 5.75 Å². The third kappa shape index (κ3) is 4.10. The second kappa shape index (κ2) is 9.49. The normalized spacial score (nSPS) is 15.6. The number of anilines is 2. The van der Waals surface area contributed by atoms with E-state index in [1.807, 2.05) is 36.4 Å². The number of rotatable bonds is 5. The van der Waals surface area contributed by atoms with Gasteiger partial charge in [-0.05, 0) is 67.8 Å². The lowest BCUT2D eigenvalue weighted by Crippen LogP contribution is -2.39. The number of piperidine rings is 1. The number of aromatic nitrogens is 2. The predicted octanol–water partition coefficient (Wildman–Crippen LogP) is 3.30. The number of hydrogen-bond donors (Lipinski definition) is 0. The minimum absolute atomic E-state index is 0.133. The number of nitrogens with zero attached hydrogens (tertiary/aromatic N) is 5. The third-order valence-electron chi connectivity index (χ3n) is 6.74. The van der Waals surface area contributed by atoms with Gasteiger partial charge in [-0.3, -0.25) is 14.4 Å². The van der Waals surface area contributed by atoms with E-state index in [2.05, 4.69) is 5.10 Å². The van der Waals surface area contributed by atoms with Gasteiger partial charge in [0.15, 0.2) is 5.69 Å². The molecule has 0 atom stereocenters. The highest BCUT2D eigenvalue weighted by atomic mass is 16.5. The molecule has 0 spiro atoms. The maximum absolute atomic E-state index is 13.8. The lowest BCUT2D eigenvalue weighted by molar-refractivity contribution is -0.119. The Bertz CT molecular complexity index is 1310. The van der Waals surface area contributed by atoms with Crippen molar-refractivity contribution in [3.8, 4) is 11.4 Å². The van der Waals surface area contributed by atoms with Gasteiger partial charge in [-0.25, -0.2) is 4.68 Å². The first-order valence-corrected chi connectivity index (χ1v) is 12.1. The number of carbonyl (C=O) groups excluding carboxylic acids is 3. The number of hydrogen-bond acceptors (Lipinski definition) is 5. The highest BCUT2D eigenvalue weighted by Crippen LogP contribution is 2.31. The van der Waals surface area contributed by atoms with Crippen molar-refractivity contribution in [1.29, 1.82) is 0 Å². The van der Waals surface area contributed by atoms with Crippen molar-refractivity contribution in [3.63, 3.8) is 0 Å². The lowest BCUT2D eigenvalue weighted by atomic mass is 10.0. The fourth-order valence-corrected chi connectivity index (χ4v) is 4.79. The Morgan fingerprint density at radius 1 is 0.861 bits per heavy atom. The van der Waals surface area contributed by atoms with Crippen LogP contribution in [0.3, 0.4) is 0 Å². The molecule has 1 aromatic heterocycles. The van der Waals surface area contributed by atoms with E-state index in [1.165, 1.54) is 4.90 Å². The zero-order valence-corrected chi connectivity index (χ0v) is 20.7. The molecule has 1 saturated heterocycles. The summed E-state index contributed by atoms with van der Waals surface area (Å²) in [6, 6.07) is 14.7. The smallest absolute Gasteiger partial charge is 0.277 e. The van der Waals surface area contributed by atoms with Gasteiger partial charge in [-0.2, -0.15) is 5.10 Å².